The summed E-state index contributed by atoms with van der Waals surface area (Å²) < 4.78 is 39.7. The number of aromatic nitrogens is 2. The second-order valence-electron chi connectivity index (χ2n) is 13.1. The van der Waals surface area contributed by atoms with Gasteiger partial charge in [-0.1, -0.05) is 25.0 Å². The molecule has 1 saturated heterocycles. The van der Waals surface area contributed by atoms with Gasteiger partial charge in [0.05, 0.1) is 41.3 Å². The van der Waals surface area contributed by atoms with Crippen LogP contribution in [-0.4, -0.2) is 77.6 Å². The number of sulfonamides is 1. The van der Waals surface area contributed by atoms with Crippen molar-refractivity contribution in [2.45, 2.75) is 87.1 Å². The van der Waals surface area contributed by atoms with Gasteiger partial charge in [-0.2, -0.15) is 0 Å². The van der Waals surface area contributed by atoms with Gasteiger partial charge in [0.15, 0.2) is 0 Å². The first-order chi connectivity index (χ1) is 23.2. The number of methoxy groups -OCH3 is 1. The lowest BCUT2D eigenvalue weighted by Crippen LogP contribution is -2.56. The van der Waals surface area contributed by atoms with Gasteiger partial charge in [-0.3, -0.25) is 19.1 Å². The molecule has 3 amide bonds. The van der Waals surface area contributed by atoms with E-state index in [2.05, 4.69) is 15.0 Å². The zero-order chi connectivity index (χ0) is 33.5. The van der Waals surface area contributed by atoms with Gasteiger partial charge >= 0.3 is 0 Å². The number of benzene rings is 1. The minimum atomic E-state index is -3.82. The lowest BCUT2D eigenvalue weighted by molar-refractivity contribution is -0.139. The van der Waals surface area contributed by atoms with Gasteiger partial charge in [0.25, 0.3) is 5.91 Å². The van der Waals surface area contributed by atoms with Crippen molar-refractivity contribution in [2.24, 2.45) is 5.92 Å². The summed E-state index contributed by atoms with van der Waals surface area (Å²) in [4.78, 5) is 52.0. The summed E-state index contributed by atoms with van der Waals surface area (Å²) in [6, 6.07) is 6.44. The molecule has 14 heteroatoms. The predicted molar refractivity (Wildman–Crippen MR) is 180 cm³/mol. The maximum Gasteiger partial charge on any atom is 0.259 e. The highest BCUT2D eigenvalue weighted by atomic mass is 32.2. The Hall–Kier alpha value is -4.04. The number of thiazole rings is 1. The molecule has 254 valence electrons. The highest BCUT2D eigenvalue weighted by molar-refractivity contribution is 7.91. The van der Waals surface area contributed by atoms with Crippen LogP contribution >= 0.6 is 11.3 Å². The van der Waals surface area contributed by atoms with E-state index in [0.717, 1.165) is 31.1 Å². The molecular formula is C34H39N5O7S2. The maximum absolute atomic E-state index is 14.1. The minimum absolute atomic E-state index is 0.149. The molecule has 2 saturated carbocycles. The van der Waals surface area contributed by atoms with Crippen LogP contribution < -0.4 is 19.5 Å². The van der Waals surface area contributed by atoms with Crippen LogP contribution in [0.15, 0.2) is 47.3 Å². The van der Waals surface area contributed by atoms with Gasteiger partial charge in [-0.05, 0) is 50.7 Å². The Morgan fingerprint density at radius 1 is 1.12 bits per heavy atom. The van der Waals surface area contributed by atoms with E-state index in [1.54, 1.807) is 17.5 Å². The zero-order valence-corrected chi connectivity index (χ0v) is 28.4. The number of ether oxygens (including phenoxy) is 2. The van der Waals surface area contributed by atoms with Crippen molar-refractivity contribution in [1.82, 2.24) is 24.9 Å². The van der Waals surface area contributed by atoms with Gasteiger partial charge in [0.1, 0.15) is 29.2 Å². The van der Waals surface area contributed by atoms with Crippen molar-refractivity contribution < 1.29 is 32.3 Å². The Bertz CT molecular complexity index is 1860. The molecule has 0 bridgehead atoms. The van der Waals surface area contributed by atoms with Gasteiger partial charge in [0.2, 0.25) is 21.8 Å². The number of amides is 3. The molecule has 2 aliphatic heterocycles. The molecule has 3 aromatic rings. The average Bonchev–Trinajstić information content (AvgIpc) is 3.93. The molecule has 7 rings (SSSR count). The second-order valence-corrected chi connectivity index (χ2v) is 15.8. The monoisotopic (exact) mass is 693 g/mol. The number of pyridine rings is 1. The van der Waals surface area contributed by atoms with Crippen LogP contribution in [0.2, 0.25) is 0 Å². The van der Waals surface area contributed by atoms with Crippen molar-refractivity contribution in [2.75, 3.05) is 13.7 Å². The lowest BCUT2D eigenvalue weighted by Gasteiger charge is -2.26. The highest BCUT2D eigenvalue weighted by Gasteiger charge is 2.62. The molecule has 0 unspecified atom stereocenters. The fourth-order valence-corrected chi connectivity index (χ4v) is 8.63. The second kappa shape index (κ2) is 13.1. The minimum Gasteiger partial charge on any atom is -0.497 e. The standard InChI is InChI=1S/C34H39N5O7S2/c1-45-22-10-13-25-26(14-22)36-27(28-19-47-20-35-28)16-30(25)46-23-15-29-32(41)37-34(33(42)38-48(43,44)24-11-12-24)17-21(34)8-6-4-2-3-5-7-9-31(40)39(29)18-23/h6,8,10,13-14,16,19-21,23-24,29H,2-5,7,9,11-12,15,17-18H2,1H3,(H,37,41)(H,38,42)/b8-6-/t21-,23-,29+,34-/m1/s1. The van der Waals surface area contributed by atoms with Crippen LogP contribution in [0.4, 0.5) is 0 Å². The van der Waals surface area contributed by atoms with E-state index in [1.807, 2.05) is 41.8 Å². The van der Waals surface area contributed by atoms with Gasteiger partial charge in [0, 0.05) is 41.7 Å². The number of carbonyl (C=O) groups excluding carboxylic acids is 3. The smallest absolute Gasteiger partial charge is 0.259 e. The van der Waals surface area contributed by atoms with E-state index in [-0.39, 0.29) is 31.2 Å². The topological polar surface area (TPSA) is 157 Å². The summed E-state index contributed by atoms with van der Waals surface area (Å²) in [6.45, 7) is 0.182. The first-order valence-electron chi connectivity index (χ1n) is 16.5. The van der Waals surface area contributed by atoms with E-state index < -0.39 is 44.8 Å². The Balaban J connectivity index is 1.17. The number of rotatable bonds is 7. The predicted octanol–water partition coefficient (Wildman–Crippen LogP) is 4.11. The fraction of sp³-hybridized carbons (Fsp3) is 0.500. The third kappa shape index (κ3) is 6.64. The molecule has 4 atom stereocenters. The third-order valence-corrected chi connectivity index (χ3v) is 12.1. The number of allylic oxidation sites excluding steroid dienone is 1. The van der Waals surface area contributed by atoms with Crippen molar-refractivity contribution in [3.05, 3.63) is 47.3 Å². The van der Waals surface area contributed by atoms with E-state index in [9.17, 15) is 22.8 Å². The summed E-state index contributed by atoms with van der Waals surface area (Å²) >= 11 is 1.46. The van der Waals surface area contributed by atoms with Crippen LogP contribution in [0.5, 0.6) is 11.5 Å². The lowest BCUT2D eigenvalue weighted by atomic mass is 10.1. The van der Waals surface area contributed by atoms with Crippen LogP contribution in [-0.2, 0) is 24.4 Å². The molecule has 0 spiro atoms. The number of hydrogen-bond donors (Lipinski definition) is 2. The van der Waals surface area contributed by atoms with Crippen molar-refractivity contribution in [3.8, 4) is 22.9 Å². The molecule has 1 aromatic carbocycles. The van der Waals surface area contributed by atoms with Crippen LogP contribution in [0.25, 0.3) is 22.3 Å². The largest absolute Gasteiger partial charge is 0.497 e. The Kier molecular flexibility index (Phi) is 8.88. The molecule has 0 radical (unpaired) electrons. The number of fused-ring (bicyclic) bond motifs is 3. The van der Waals surface area contributed by atoms with E-state index in [1.165, 1.54) is 11.3 Å². The van der Waals surface area contributed by atoms with Crippen LogP contribution in [0.3, 0.4) is 0 Å². The van der Waals surface area contributed by atoms with Crippen molar-refractivity contribution in [1.29, 1.82) is 0 Å². The molecule has 2 aliphatic carbocycles. The zero-order valence-electron chi connectivity index (χ0n) is 26.7. The molecule has 2 aromatic heterocycles. The quantitative estimate of drug-likeness (QED) is 0.348. The van der Waals surface area contributed by atoms with E-state index in [0.29, 0.717) is 54.1 Å². The molecular weight excluding hydrogens is 655 g/mol. The Labute approximate surface area is 283 Å². The first kappa shape index (κ1) is 32.5. The summed E-state index contributed by atoms with van der Waals surface area (Å²) in [6.07, 6.45) is 9.50. The van der Waals surface area contributed by atoms with Gasteiger partial charge in [-0.15, -0.1) is 11.3 Å². The Morgan fingerprint density at radius 3 is 2.73 bits per heavy atom. The highest BCUT2D eigenvalue weighted by Crippen LogP contribution is 2.46. The first-order valence-corrected chi connectivity index (χ1v) is 19.0. The molecule has 2 N–H and O–H groups in total. The Morgan fingerprint density at radius 2 is 1.96 bits per heavy atom. The van der Waals surface area contributed by atoms with E-state index in [4.69, 9.17) is 14.5 Å². The molecule has 3 fully saturated rings. The molecule has 4 aliphatic rings. The number of nitrogens with one attached hydrogen (secondary N) is 2. The third-order valence-electron chi connectivity index (χ3n) is 9.70. The van der Waals surface area contributed by atoms with Crippen molar-refractivity contribution >= 4 is 50.0 Å². The molecule has 48 heavy (non-hydrogen) atoms. The maximum atomic E-state index is 14.1. The van der Waals surface area contributed by atoms with Gasteiger partial charge < -0.3 is 19.7 Å². The molecule has 4 heterocycles. The average molecular weight is 694 g/mol. The summed E-state index contributed by atoms with van der Waals surface area (Å²) in [5, 5.41) is 4.98. The van der Waals surface area contributed by atoms with Crippen molar-refractivity contribution in [3.63, 3.8) is 0 Å². The normalized spacial score (nSPS) is 27.2. The molecule has 12 nitrogen and oxygen atoms in total. The SMILES string of the molecule is COc1ccc2c(O[C@@H]3C[C@H]4C(=O)N[C@]5(C(=O)NS(=O)(=O)C6CC6)C[C@H]5/C=C\CCCCCCC(=O)N4C3)cc(-c3cscn3)nc2c1. The number of carbonyl (C=O) groups is 3. The van der Waals surface area contributed by atoms with E-state index >= 15 is 0 Å². The summed E-state index contributed by atoms with van der Waals surface area (Å²) in [7, 11) is -2.23. The summed E-state index contributed by atoms with van der Waals surface area (Å²) in [5.74, 6) is -0.529. The van der Waals surface area contributed by atoms with Crippen LogP contribution in [0.1, 0.15) is 64.2 Å². The summed E-state index contributed by atoms with van der Waals surface area (Å²) in [5.41, 5.74) is 2.30. The van der Waals surface area contributed by atoms with Gasteiger partial charge in [-0.25, -0.2) is 18.4 Å². The number of nitrogens with zero attached hydrogens (tertiary/aromatic N) is 3. The number of hydrogen-bond acceptors (Lipinski definition) is 10. The fourth-order valence-electron chi connectivity index (χ4n) is 6.72. The van der Waals surface area contributed by atoms with Crippen LogP contribution in [0, 0.1) is 5.92 Å².